The highest BCUT2D eigenvalue weighted by Crippen LogP contribution is 2.25. The molecule has 0 aliphatic rings. The maximum Gasteiger partial charge on any atom is 0.335 e. The highest BCUT2D eigenvalue weighted by atomic mass is 16.4. The van der Waals surface area contributed by atoms with Gasteiger partial charge in [0, 0.05) is 5.69 Å². The van der Waals surface area contributed by atoms with Gasteiger partial charge in [-0.2, -0.15) is 0 Å². The van der Waals surface area contributed by atoms with Crippen LogP contribution in [0.5, 0.6) is 0 Å². The Morgan fingerprint density at radius 1 is 0.833 bits per heavy atom. The van der Waals surface area contributed by atoms with Crippen molar-refractivity contribution < 1.29 is 9.90 Å². The van der Waals surface area contributed by atoms with Gasteiger partial charge in [-0.05, 0) is 57.9 Å². The molecule has 0 heterocycles. The summed E-state index contributed by atoms with van der Waals surface area (Å²) in [5.41, 5.74) is 6.75. The number of anilines is 1. The van der Waals surface area contributed by atoms with Crippen LogP contribution in [0.2, 0.25) is 0 Å². The van der Waals surface area contributed by atoms with Gasteiger partial charge in [0.25, 0.3) is 0 Å². The highest BCUT2D eigenvalue weighted by molar-refractivity contribution is 6.02. The molecule has 0 amide bonds. The molecule has 0 aliphatic carbocycles. The Hall–Kier alpha value is -2.55. The zero-order chi connectivity index (χ0) is 12.7. The fourth-order valence-corrected chi connectivity index (χ4v) is 2.15. The van der Waals surface area contributed by atoms with Crippen LogP contribution in [0.4, 0.5) is 5.69 Å². The zero-order valence-electron chi connectivity index (χ0n) is 9.55. The number of carboxylic acids is 1. The lowest BCUT2D eigenvalue weighted by Gasteiger charge is -2.04. The van der Waals surface area contributed by atoms with Gasteiger partial charge in [-0.3, -0.25) is 0 Å². The number of hydrogen-bond acceptors (Lipinski definition) is 2. The Kier molecular flexibility index (Phi) is 2.20. The Balaban J connectivity index is 2.35. The molecular weight excluding hydrogens is 226 g/mol. The van der Waals surface area contributed by atoms with Gasteiger partial charge in [-0.25, -0.2) is 4.79 Å². The summed E-state index contributed by atoms with van der Waals surface area (Å²) in [5, 5.41) is 13.0. The van der Waals surface area contributed by atoms with Gasteiger partial charge in [-0.1, -0.05) is 12.1 Å². The number of hydrogen-bond donors (Lipinski definition) is 2. The molecule has 3 N–H and O–H groups in total. The minimum Gasteiger partial charge on any atom is -0.478 e. The van der Waals surface area contributed by atoms with Crippen molar-refractivity contribution in [1.29, 1.82) is 0 Å². The van der Waals surface area contributed by atoms with Crippen molar-refractivity contribution >= 4 is 33.2 Å². The fraction of sp³-hybridized carbons (Fsp3) is 0. The smallest absolute Gasteiger partial charge is 0.335 e. The first kappa shape index (κ1) is 10.6. The Bertz CT molecular complexity index is 778. The van der Waals surface area contributed by atoms with Crippen molar-refractivity contribution in [3.05, 3.63) is 54.1 Å². The Labute approximate surface area is 103 Å². The number of rotatable bonds is 1. The molecule has 88 valence electrons. The Morgan fingerprint density at radius 3 is 2.17 bits per heavy atom. The van der Waals surface area contributed by atoms with E-state index in [9.17, 15) is 4.79 Å². The molecule has 18 heavy (non-hydrogen) atoms. The monoisotopic (exact) mass is 237 g/mol. The molecule has 0 spiro atoms. The first-order valence-corrected chi connectivity index (χ1v) is 5.60. The van der Waals surface area contributed by atoms with Gasteiger partial charge in [0.2, 0.25) is 0 Å². The van der Waals surface area contributed by atoms with Crippen molar-refractivity contribution in [2.75, 3.05) is 5.73 Å². The summed E-state index contributed by atoms with van der Waals surface area (Å²) in [4.78, 5) is 10.9. The molecule has 3 rings (SSSR count). The third kappa shape index (κ3) is 1.66. The molecule has 0 saturated heterocycles. The number of carboxylic acid groups (broad SMARTS) is 1. The molecule has 0 atom stereocenters. The second-order valence-corrected chi connectivity index (χ2v) is 4.33. The van der Waals surface area contributed by atoms with Crippen LogP contribution in [0.25, 0.3) is 21.5 Å². The molecule has 0 radical (unpaired) electrons. The predicted octanol–water partition coefficient (Wildman–Crippen LogP) is 3.27. The third-order valence-electron chi connectivity index (χ3n) is 3.07. The molecule has 0 saturated carbocycles. The van der Waals surface area contributed by atoms with Crippen LogP contribution < -0.4 is 5.73 Å². The van der Waals surface area contributed by atoms with E-state index in [4.69, 9.17) is 10.8 Å². The average Bonchev–Trinajstić information content (AvgIpc) is 2.35. The Morgan fingerprint density at radius 2 is 1.44 bits per heavy atom. The number of nitrogen functional groups attached to an aromatic ring is 1. The van der Waals surface area contributed by atoms with E-state index in [1.54, 1.807) is 12.1 Å². The molecule has 0 bridgehead atoms. The van der Waals surface area contributed by atoms with E-state index >= 15 is 0 Å². The topological polar surface area (TPSA) is 63.3 Å². The van der Waals surface area contributed by atoms with Gasteiger partial charge in [0.05, 0.1) is 5.56 Å². The van der Waals surface area contributed by atoms with E-state index in [2.05, 4.69) is 0 Å². The first-order chi connectivity index (χ1) is 8.63. The van der Waals surface area contributed by atoms with Crippen molar-refractivity contribution in [3.8, 4) is 0 Å². The summed E-state index contributed by atoms with van der Waals surface area (Å²) >= 11 is 0. The molecule has 3 aromatic carbocycles. The second kappa shape index (κ2) is 3.74. The zero-order valence-corrected chi connectivity index (χ0v) is 9.55. The van der Waals surface area contributed by atoms with Crippen molar-refractivity contribution in [1.82, 2.24) is 0 Å². The minimum atomic E-state index is -0.912. The molecular formula is C15H11NO2. The average molecular weight is 237 g/mol. The predicted molar refractivity (Wildman–Crippen MR) is 72.8 cm³/mol. The van der Waals surface area contributed by atoms with E-state index in [1.807, 2.05) is 36.4 Å². The quantitative estimate of drug-likeness (QED) is 0.504. The van der Waals surface area contributed by atoms with Crippen LogP contribution in [0.1, 0.15) is 10.4 Å². The van der Waals surface area contributed by atoms with Gasteiger partial charge >= 0.3 is 5.97 Å². The minimum absolute atomic E-state index is 0.297. The van der Waals surface area contributed by atoms with Crippen molar-refractivity contribution in [2.24, 2.45) is 0 Å². The highest BCUT2D eigenvalue weighted by Gasteiger charge is 2.04. The van der Waals surface area contributed by atoms with E-state index in [1.165, 1.54) is 0 Å². The lowest BCUT2D eigenvalue weighted by atomic mass is 10.0. The van der Waals surface area contributed by atoms with Crippen molar-refractivity contribution in [2.45, 2.75) is 0 Å². The van der Waals surface area contributed by atoms with Gasteiger partial charge in [0.15, 0.2) is 0 Å². The summed E-state index contributed by atoms with van der Waals surface area (Å²) < 4.78 is 0. The van der Waals surface area contributed by atoms with E-state index < -0.39 is 5.97 Å². The summed E-state index contributed by atoms with van der Waals surface area (Å²) in [6, 6.07) is 14.9. The molecule has 0 fully saturated rings. The number of benzene rings is 3. The van der Waals surface area contributed by atoms with Crippen LogP contribution in [-0.2, 0) is 0 Å². The summed E-state index contributed by atoms with van der Waals surface area (Å²) in [6.07, 6.45) is 0. The van der Waals surface area contributed by atoms with Gasteiger partial charge in [0.1, 0.15) is 0 Å². The normalized spacial score (nSPS) is 10.9. The van der Waals surface area contributed by atoms with Gasteiger partial charge in [-0.15, -0.1) is 0 Å². The number of carbonyl (C=O) groups is 1. The first-order valence-electron chi connectivity index (χ1n) is 5.60. The maximum atomic E-state index is 10.9. The van der Waals surface area contributed by atoms with Crippen LogP contribution >= 0.6 is 0 Å². The van der Waals surface area contributed by atoms with Gasteiger partial charge < -0.3 is 10.8 Å². The molecule has 3 heteroatoms. The van der Waals surface area contributed by atoms with E-state index in [0.717, 1.165) is 21.5 Å². The van der Waals surface area contributed by atoms with E-state index in [0.29, 0.717) is 11.3 Å². The molecule has 0 unspecified atom stereocenters. The van der Waals surface area contributed by atoms with Crippen LogP contribution in [0, 0.1) is 0 Å². The number of aromatic carboxylic acids is 1. The number of fused-ring (bicyclic) bond motifs is 2. The largest absolute Gasteiger partial charge is 0.478 e. The summed E-state index contributed by atoms with van der Waals surface area (Å²) in [5.74, 6) is -0.912. The van der Waals surface area contributed by atoms with Crippen molar-refractivity contribution in [3.63, 3.8) is 0 Å². The standard InChI is InChI=1S/C15H11NO2/c16-14-4-3-10-5-9-1-2-11(15(17)18)6-12(9)7-13(10)8-14/h1-8H,16H2,(H,17,18). The summed E-state index contributed by atoms with van der Waals surface area (Å²) in [7, 11) is 0. The molecule has 3 aromatic rings. The van der Waals surface area contributed by atoms with Crippen LogP contribution in [-0.4, -0.2) is 11.1 Å². The molecule has 0 aliphatic heterocycles. The third-order valence-corrected chi connectivity index (χ3v) is 3.07. The maximum absolute atomic E-state index is 10.9. The second-order valence-electron chi connectivity index (χ2n) is 4.33. The lowest BCUT2D eigenvalue weighted by Crippen LogP contribution is -1.95. The van der Waals surface area contributed by atoms with Crippen LogP contribution in [0.3, 0.4) is 0 Å². The fourth-order valence-electron chi connectivity index (χ4n) is 2.15. The van der Waals surface area contributed by atoms with E-state index in [-0.39, 0.29) is 0 Å². The number of nitrogens with two attached hydrogens (primary N) is 1. The lowest BCUT2D eigenvalue weighted by molar-refractivity contribution is 0.0697. The SMILES string of the molecule is Nc1ccc2cc3ccc(C(=O)O)cc3cc2c1. The molecule has 3 nitrogen and oxygen atoms in total. The molecule has 0 aromatic heterocycles. The summed E-state index contributed by atoms with van der Waals surface area (Å²) in [6.45, 7) is 0. The van der Waals surface area contributed by atoms with Crippen LogP contribution in [0.15, 0.2) is 48.5 Å².